The van der Waals surface area contributed by atoms with Crippen molar-refractivity contribution in [3.63, 3.8) is 0 Å². The molecular weight excluding hydrogens is 448 g/mol. The van der Waals surface area contributed by atoms with Crippen molar-refractivity contribution < 1.29 is 33.4 Å². The van der Waals surface area contributed by atoms with Crippen LogP contribution in [-0.4, -0.2) is 42.0 Å². The van der Waals surface area contributed by atoms with Crippen molar-refractivity contribution in [2.24, 2.45) is 5.41 Å². The summed E-state index contributed by atoms with van der Waals surface area (Å²) in [5.74, 6) is -1.21. The van der Waals surface area contributed by atoms with E-state index < -0.39 is 17.0 Å². The van der Waals surface area contributed by atoms with Crippen LogP contribution < -0.4 is 0 Å². The quantitative estimate of drug-likeness (QED) is 0.0869. The van der Waals surface area contributed by atoms with E-state index in [1.165, 1.54) is 13.8 Å². The first-order valence-corrected chi connectivity index (χ1v) is 13.4. The molecule has 0 aliphatic carbocycles. The predicted octanol–water partition coefficient (Wildman–Crippen LogP) is 6.49. The summed E-state index contributed by atoms with van der Waals surface area (Å²) in [6, 6.07) is 0. The Morgan fingerprint density at radius 1 is 0.771 bits per heavy atom. The summed E-state index contributed by atoms with van der Waals surface area (Å²) in [4.78, 5) is 49.3. The summed E-state index contributed by atoms with van der Waals surface area (Å²) >= 11 is 0. The van der Waals surface area contributed by atoms with Gasteiger partial charge in [-0.25, -0.2) is 0 Å². The number of hydrogen-bond donors (Lipinski definition) is 0. The van der Waals surface area contributed by atoms with E-state index in [0.717, 1.165) is 51.4 Å². The molecule has 7 heteroatoms. The Hall–Kier alpha value is -1.92. The lowest BCUT2D eigenvalue weighted by atomic mass is 9.74. The lowest BCUT2D eigenvalue weighted by molar-refractivity contribution is -0.172. The Kier molecular flexibility index (Phi) is 16.5. The van der Waals surface area contributed by atoms with E-state index in [1.807, 2.05) is 0 Å². The maximum absolute atomic E-state index is 13.3. The first-order valence-electron chi connectivity index (χ1n) is 13.4. The monoisotopic (exact) mass is 498 g/mol. The zero-order valence-corrected chi connectivity index (χ0v) is 23.3. The van der Waals surface area contributed by atoms with Crippen LogP contribution in [0.4, 0.5) is 0 Å². The molecule has 0 radical (unpaired) electrons. The van der Waals surface area contributed by atoms with Crippen LogP contribution in [-0.2, 0) is 33.4 Å². The van der Waals surface area contributed by atoms with Crippen LogP contribution in [0.1, 0.15) is 132 Å². The lowest BCUT2D eigenvalue weighted by Gasteiger charge is -2.33. The maximum Gasteiger partial charge on any atom is 0.320 e. The highest BCUT2D eigenvalue weighted by Gasteiger charge is 2.45. The number of ketones is 1. The van der Waals surface area contributed by atoms with Gasteiger partial charge in [-0.05, 0) is 73.1 Å². The van der Waals surface area contributed by atoms with Gasteiger partial charge in [-0.1, -0.05) is 45.4 Å². The van der Waals surface area contributed by atoms with Gasteiger partial charge < -0.3 is 14.2 Å². The van der Waals surface area contributed by atoms with Gasteiger partial charge in [0.2, 0.25) is 0 Å². The average molecular weight is 499 g/mol. The van der Waals surface area contributed by atoms with Crippen molar-refractivity contribution in [1.29, 1.82) is 0 Å². The summed E-state index contributed by atoms with van der Waals surface area (Å²) in [5.41, 5.74) is -1.96. The fraction of sp³-hybridized carbons (Fsp3) is 0.857. The molecule has 0 fully saturated rings. The standard InChI is InChI=1S/C28H50O7/c1-8-10-14-17-24(34-23(4)30)19-21-28(22(3)29,26(32)35-27(5,6)7)20-16-13-11-12-15-18-25(31)33-9-2/h24H,8-21H2,1-7H3. The number of rotatable bonds is 19. The summed E-state index contributed by atoms with van der Waals surface area (Å²) in [6.07, 6.45) is 9.11. The first kappa shape index (κ1) is 33.1. The van der Waals surface area contributed by atoms with E-state index in [0.29, 0.717) is 38.7 Å². The van der Waals surface area contributed by atoms with E-state index in [9.17, 15) is 19.2 Å². The Balaban J connectivity index is 5.23. The Labute approximate surface area is 213 Å². The van der Waals surface area contributed by atoms with Gasteiger partial charge in [-0.2, -0.15) is 0 Å². The number of ether oxygens (including phenoxy) is 3. The van der Waals surface area contributed by atoms with Crippen LogP contribution in [0.3, 0.4) is 0 Å². The van der Waals surface area contributed by atoms with Gasteiger partial charge in [-0.3, -0.25) is 19.2 Å². The molecule has 0 N–H and O–H groups in total. The fourth-order valence-electron chi connectivity index (χ4n) is 4.19. The molecule has 0 heterocycles. The Morgan fingerprint density at radius 2 is 1.40 bits per heavy atom. The van der Waals surface area contributed by atoms with Gasteiger partial charge in [0.15, 0.2) is 0 Å². The van der Waals surface area contributed by atoms with E-state index in [1.54, 1.807) is 27.7 Å². The van der Waals surface area contributed by atoms with Crippen molar-refractivity contribution in [2.45, 2.75) is 144 Å². The fourth-order valence-corrected chi connectivity index (χ4v) is 4.19. The highest BCUT2D eigenvalue weighted by Crippen LogP contribution is 2.36. The highest BCUT2D eigenvalue weighted by atomic mass is 16.6. The minimum atomic E-state index is -1.25. The largest absolute Gasteiger partial charge is 0.466 e. The Bertz CT molecular complexity index is 650. The highest BCUT2D eigenvalue weighted by molar-refractivity contribution is 6.02. The SMILES string of the molecule is CCCCCC(CCC(CCCCCCCC(=O)OCC)(C(C)=O)C(=O)OC(C)(C)C)OC(C)=O. The number of carbonyl (C=O) groups excluding carboxylic acids is 4. The Morgan fingerprint density at radius 3 is 1.94 bits per heavy atom. The average Bonchev–Trinajstić information content (AvgIpc) is 2.73. The van der Waals surface area contributed by atoms with Crippen LogP contribution in [0.5, 0.6) is 0 Å². The molecule has 2 unspecified atom stereocenters. The molecule has 0 aromatic rings. The molecule has 0 spiro atoms. The summed E-state index contributed by atoms with van der Waals surface area (Å²) in [6.45, 7) is 12.5. The number of hydrogen-bond acceptors (Lipinski definition) is 7. The second-order valence-electron chi connectivity index (χ2n) is 10.5. The van der Waals surface area contributed by atoms with Crippen LogP contribution in [0, 0.1) is 5.41 Å². The third kappa shape index (κ3) is 14.9. The molecule has 204 valence electrons. The van der Waals surface area contributed by atoms with Crippen molar-refractivity contribution in [1.82, 2.24) is 0 Å². The summed E-state index contributed by atoms with van der Waals surface area (Å²) in [5, 5.41) is 0. The number of unbranched alkanes of at least 4 members (excludes halogenated alkanes) is 6. The van der Waals surface area contributed by atoms with Gasteiger partial charge in [0.25, 0.3) is 0 Å². The summed E-state index contributed by atoms with van der Waals surface area (Å²) in [7, 11) is 0. The summed E-state index contributed by atoms with van der Waals surface area (Å²) < 4.78 is 16.2. The van der Waals surface area contributed by atoms with Crippen LogP contribution >= 0.6 is 0 Å². The molecule has 0 rings (SSSR count). The van der Waals surface area contributed by atoms with Crippen molar-refractivity contribution >= 4 is 23.7 Å². The maximum atomic E-state index is 13.3. The zero-order valence-electron chi connectivity index (χ0n) is 23.3. The molecular formula is C28H50O7. The number of esters is 3. The first-order chi connectivity index (χ1) is 16.4. The minimum absolute atomic E-state index is 0.172. The molecule has 0 aromatic heterocycles. The van der Waals surface area contributed by atoms with Crippen LogP contribution in [0.2, 0.25) is 0 Å². The second-order valence-corrected chi connectivity index (χ2v) is 10.5. The van der Waals surface area contributed by atoms with Crippen LogP contribution in [0.25, 0.3) is 0 Å². The van der Waals surface area contributed by atoms with Gasteiger partial charge in [0.05, 0.1) is 6.61 Å². The minimum Gasteiger partial charge on any atom is -0.466 e. The van der Waals surface area contributed by atoms with Gasteiger partial charge in [0.1, 0.15) is 22.9 Å². The molecule has 2 atom stereocenters. The predicted molar refractivity (Wildman–Crippen MR) is 137 cm³/mol. The van der Waals surface area contributed by atoms with Gasteiger partial charge in [0, 0.05) is 13.3 Å². The molecule has 0 aromatic carbocycles. The molecule has 0 saturated carbocycles. The molecule has 0 aliphatic rings. The van der Waals surface area contributed by atoms with Gasteiger partial charge >= 0.3 is 17.9 Å². The van der Waals surface area contributed by atoms with Crippen molar-refractivity contribution in [3.8, 4) is 0 Å². The van der Waals surface area contributed by atoms with E-state index in [2.05, 4.69) is 6.92 Å². The molecule has 0 bridgehead atoms. The topological polar surface area (TPSA) is 96.0 Å². The van der Waals surface area contributed by atoms with E-state index >= 15 is 0 Å². The third-order valence-corrected chi connectivity index (χ3v) is 6.11. The number of Topliss-reactive ketones (excluding diaryl/α,β-unsaturated/α-hetero) is 1. The lowest BCUT2D eigenvalue weighted by Crippen LogP contribution is -2.43. The third-order valence-electron chi connectivity index (χ3n) is 6.11. The van der Waals surface area contributed by atoms with E-state index in [4.69, 9.17) is 14.2 Å². The van der Waals surface area contributed by atoms with Crippen molar-refractivity contribution in [2.75, 3.05) is 6.61 Å². The molecule has 35 heavy (non-hydrogen) atoms. The second kappa shape index (κ2) is 17.5. The molecule has 7 nitrogen and oxygen atoms in total. The molecule has 0 saturated heterocycles. The smallest absolute Gasteiger partial charge is 0.320 e. The van der Waals surface area contributed by atoms with E-state index in [-0.39, 0.29) is 23.8 Å². The zero-order chi connectivity index (χ0) is 26.9. The van der Waals surface area contributed by atoms with Crippen LogP contribution in [0.15, 0.2) is 0 Å². The number of carbonyl (C=O) groups is 4. The van der Waals surface area contributed by atoms with Crippen molar-refractivity contribution in [3.05, 3.63) is 0 Å². The van der Waals surface area contributed by atoms with Gasteiger partial charge in [-0.15, -0.1) is 0 Å². The molecule has 0 aliphatic heterocycles. The normalized spacial score (nSPS) is 14.0. The molecule has 0 amide bonds.